The number of nitrogens with zero attached hydrogens (tertiary/aromatic N) is 3. The fourth-order valence-electron chi connectivity index (χ4n) is 2.93. The first kappa shape index (κ1) is 29.3. The first-order valence-electron chi connectivity index (χ1n) is 10.8. The number of ether oxygens (including phenoxy) is 2. The number of hydrogen-bond donors (Lipinski definition) is 0. The van der Waals surface area contributed by atoms with E-state index in [2.05, 4.69) is 0 Å². The molecule has 0 atom stereocenters. The average Bonchev–Trinajstić information content (AvgIpc) is 2.90. The second-order valence-electron chi connectivity index (χ2n) is 7.60. The van der Waals surface area contributed by atoms with Crippen LogP contribution >= 0.6 is 11.6 Å². The first-order valence-corrected chi connectivity index (χ1v) is 11.2. The van der Waals surface area contributed by atoms with Gasteiger partial charge in [-0.1, -0.05) is 11.6 Å². The lowest BCUT2D eigenvalue weighted by Crippen LogP contribution is -2.04. The lowest BCUT2D eigenvalue weighted by molar-refractivity contribution is -0.385. The number of hydrogen-bond acceptors (Lipinski definition) is 8. The van der Waals surface area contributed by atoms with Crippen molar-refractivity contribution in [1.29, 1.82) is 0 Å². The molecule has 0 amide bonds. The van der Waals surface area contributed by atoms with Crippen molar-refractivity contribution >= 4 is 28.7 Å². The molecule has 0 unspecified atom stereocenters. The number of alkyl halides is 3. The van der Waals surface area contributed by atoms with E-state index in [0.717, 1.165) is 18.2 Å². The highest BCUT2D eigenvalue weighted by molar-refractivity contribution is 6.32. The zero-order chi connectivity index (χ0) is 29.4. The minimum atomic E-state index is -4.49. The maximum Gasteiger partial charge on any atom is 0.416 e. The molecule has 4 rings (SSSR count). The highest BCUT2D eigenvalue weighted by atomic mass is 35.5. The Hall–Kier alpha value is -5.24. The van der Waals surface area contributed by atoms with Crippen molar-refractivity contribution in [3.8, 4) is 23.0 Å². The predicted molar refractivity (Wildman–Crippen MR) is 136 cm³/mol. The molecule has 0 radical (unpaired) electrons. The van der Waals surface area contributed by atoms with Crippen LogP contribution in [0.25, 0.3) is 0 Å². The Balaban J connectivity index is 0.000000222. The minimum absolute atomic E-state index is 0.0264. The second-order valence-corrected chi connectivity index (χ2v) is 8.01. The molecule has 206 valence electrons. The van der Waals surface area contributed by atoms with Gasteiger partial charge in [0.15, 0.2) is 0 Å². The quantitative estimate of drug-likeness (QED) is 0.157. The monoisotopic (exact) mass is 577 g/mol. The fourth-order valence-corrected chi connectivity index (χ4v) is 3.15. The molecule has 0 bridgehead atoms. The molecule has 0 N–H and O–H groups in total. The van der Waals surface area contributed by atoms with Crippen LogP contribution in [0.5, 0.6) is 23.0 Å². The van der Waals surface area contributed by atoms with Gasteiger partial charge in [-0.15, -0.1) is 0 Å². The summed E-state index contributed by atoms with van der Waals surface area (Å²) >= 11 is 5.73. The van der Waals surface area contributed by atoms with Gasteiger partial charge in [0.1, 0.15) is 23.0 Å². The maximum atomic E-state index is 12.5. The topological polar surface area (TPSA) is 148 Å². The van der Waals surface area contributed by atoms with Gasteiger partial charge in [0.05, 0.1) is 25.4 Å². The molecule has 0 fully saturated rings. The smallest absolute Gasteiger partial charge is 0.416 e. The van der Waals surface area contributed by atoms with Crippen molar-refractivity contribution in [3.63, 3.8) is 0 Å². The van der Waals surface area contributed by atoms with Gasteiger partial charge >= 0.3 is 6.18 Å². The van der Waals surface area contributed by atoms with Crippen LogP contribution in [0.15, 0.2) is 91.0 Å². The summed E-state index contributed by atoms with van der Waals surface area (Å²) in [5, 5.41) is 31.2. The van der Waals surface area contributed by atoms with Gasteiger partial charge in [0, 0.05) is 36.4 Å². The summed E-state index contributed by atoms with van der Waals surface area (Å²) in [6.45, 7) is 0. The molecule has 4 aromatic carbocycles. The van der Waals surface area contributed by atoms with E-state index in [0.29, 0.717) is 11.5 Å². The molecular weight excluding hydrogens is 563 g/mol. The average molecular weight is 578 g/mol. The summed E-state index contributed by atoms with van der Waals surface area (Å²) in [5.41, 5.74) is -1.07. The van der Waals surface area contributed by atoms with Crippen LogP contribution in [0.3, 0.4) is 0 Å². The number of nitro groups is 3. The molecule has 0 aromatic heterocycles. The SMILES string of the molecule is O=[N+]([O-])c1ccc(Oc2ccc(C(F)(F)F)cc2Cl)cc1.O=[N+]([O-])c1ccc(Oc2ccc([N+](=O)[O-])cc2)cc1. The van der Waals surface area contributed by atoms with E-state index in [9.17, 15) is 43.5 Å². The third-order valence-corrected chi connectivity index (χ3v) is 5.16. The van der Waals surface area contributed by atoms with Crippen molar-refractivity contribution < 1.29 is 37.4 Å². The van der Waals surface area contributed by atoms with Crippen LogP contribution in [-0.2, 0) is 6.18 Å². The largest absolute Gasteiger partial charge is 0.457 e. The van der Waals surface area contributed by atoms with E-state index < -0.39 is 26.5 Å². The third-order valence-electron chi connectivity index (χ3n) is 4.87. The Labute approximate surface area is 227 Å². The zero-order valence-corrected chi connectivity index (χ0v) is 20.5. The van der Waals surface area contributed by atoms with Gasteiger partial charge in [-0.05, 0) is 54.6 Å². The molecule has 15 heteroatoms. The predicted octanol–water partition coefficient (Wildman–Crippen LogP) is 8.35. The summed E-state index contributed by atoms with van der Waals surface area (Å²) in [6.07, 6.45) is -4.49. The maximum absolute atomic E-state index is 12.5. The molecule has 0 saturated heterocycles. The summed E-state index contributed by atoms with van der Waals surface area (Å²) in [7, 11) is 0. The molecule has 0 aliphatic heterocycles. The number of benzene rings is 4. The van der Waals surface area contributed by atoms with E-state index in [1.54, 1.807) is 0 Å². The van der Waals surface area contributed by atoms with Gasteiger partial charge in [-0.25, -0.2) is 0 Å². The van der Waals surface area contributed by atoms with E-state index >= 15 is 0 Å². The summed E-state index contributed by atoms with van der Waals surface area (Å²) < 4.78 is 48.1. The second kappa shape index (κ2) is 12.5. The van der Waals surface area contributed by atoms with Crippen LogP contribution in [0.1, 0.15) is 5.56 Å². The molecular formula is C25H15ClF3N3O8. The van der Waals surface area contributed by atoms with Gasteiger partial charge in [0.25, 0.3) is 17.1 Å². The molecule has 0 aliphatic carbocycles. The number of nitro benzene ring substituents is 3. The third kappa shape index (κ3) is 8.13. The Bertz CT molecular complexity index is 1460. The standard InChI is InChI=1S/C13H7ClF3NO3.C12H8N2O5/c14-11-7-8(13(15,16)17)1-6-12(11)21-10-4-2-9(3-5-10)18(19)20;15-13(16)9-1-5-11(6-2-9)19-12-7-3-10(4-8-12)14(17)18/h1-7H;1-8H. The van der Waals surface area contributed by atoms with E-state index in [1.807, 2.05) is 0 Å². The van der Waals surface area contributed by atoms with Gasteiger partial charge in [-0.2, -0.15) is 13.2 Å². The number of non-ortho nitro benzene ring substituents is 3. The van der Waals surface area contributed by atoms with Gasteiger partial charge < -0.3 is 9.47 Å². The Morgan fingerprint density at radius 1 is 0.575 bits per heavy atom. The van der Waals surface area contributed by atoms with Crippen molar-refractivity contribution in [2.75, 3.05) is 0 Å². The molecule has 0 heterocycles. The Morgan fingerprint density at radius 3 is 1.23 bits per heavy atom. The molecule has 40 heavy (non-hydrogen) atoms. The Morgan fingerprint density at radius 2 is 0.925 bits per heavy atom. The first-order chi connectivity index (χ1) is 18.8. The fraction of sp³-hybridized carbons (Fsp3) is 0.0400. The zero-order valence-electron chi connectivity index (χ0n) is 19.8. The lowest BCUT2D eigenvalue weighted by atomic mass is 10.2. The van der Waals surface area contributed by atoms with Gasteiger partial charge in [0.2, 0.25) is 0 Å². The van der Waals surface area contributed by atoms with Crippen LogP contribution in [0.2, 0.25) is 5.02 Å². The highest BCUT2D eigenvalue weighted by Gasteiger charge is 2.31. The van der Waals surface area contributed by atoms with E-state index in [4.69, 9.17) is 21.1 Å². The number of halogens is 4. The Kier molecular flexibility index (Phi) is 9.19. The summed E-state index contributed by atoms with van der Waals surface area (Å²) in [5.74, 6) is 1.08. The van der Waals surface area contributed by atoms with Crippen molar-refractivity contribution in [2.45, 2.75) is 6.18 Å². The number of rotatable bonds is 7. The van der Waals surface area contributed by atoms with Crippen LogP contribution in [0.4, 0.5) is 30.2 Å². The molecule has 0 saturated carbocycles. The molecule has 11 nitrogen and oxygen atoms in total. The normalized spacial score (nSPS) is 10.6. The molecule has 4 aromatic rings. The van der Waals surface area contributed by atoms with Crippen LogP contribution in [-0.4, -0.2) is 14.8 Å². The molecule has 0 spiro atoms. The molecule has 0 aliphatic rings. The highest BCUT2D eigenvalue weighted by Crippen LogP contribution is 2.36. The lowest BCUT2D eigenvalue weighted by Gasteiger charge is -2.11. The minimum Gasteiger partial charge on any atom is -0.457 e. The summed E-state index contributed by atoms with van der Waals surface area (Å²) in [4.78, 5) is 29.9. The van der Waals surface area contributed by atoms with Crippen molar-refractivity contribution in [2.24, 2.45) is 0 Å². The van der Waals surface area contributed by atoms with Crippen molar-refractivity contribution in [3.05, 3.63) is 132 Å². The summed E-state index contributed by atoms with van der Waals surface area (Å²) in [6, 6.07) is 18.9. The van der Waals surface area contributed by atoms with Gasteiger partial charge in [-0.3, -0.25) is 30.3 Å². The van der Waals surface area contributed by atoms with Crippen LogP contribution < -0.4 is 9.47 Å². The van der Waals surface area contributed by atoms with E-state index in [1.165, 1.54) is 72.8 Å². The van der Waals surface area contributed by atoms with E-state index in [-0.39, 0.29) is 33.6 Å². The van der Waals surface area contributed by atoms with Crippen LogP contribution in [0, 0.1) is 30.3 Å². The van der Waals surface area contributed by atoms with Crippen molar-refractivity contribution in [1.82, 2.24) is 0 Å².